The molecule has 2 aromatic heterocycles. The summed E-state index contributed by atoms with van der Waals surface area (Å²) in [6.07, 6.45) is 6.54. The largest absolute Gasteiger partial charge is 0.465 e. The van der Waals surface area contributed by atoms with Crippen LogP contribution in [0.5, 0.6) is 0 Å². The summed E-state index contributed by atoms with van der Waals surface area (Å²) in [6, 6.07) is 9.52. The molecule has 1 aromatic carbocycles. The predicted molar refractivity (Wildman–Crippen MR) is 105 cm³/mol. The first kappa shape index (κ1) is 17.4. The summed E-state index contributed by atoms with van der Waals surface area (Å²) in [4.78, 5) is 21.9. The minimum atomic E-state index is -0.351. The molecular formula is C22H23N3O3. The van der Waals surface area contributed by atoms with Gasteiger partial charge in [-0.05, 0) is 49.4 Å². The maximum absolute atomic E-state index is 12.3. The Hall–Kier alpha value is -2.73. The number of carbonyl (C=O) groups excluding carboxylic acids is 1. The summed E-state index contributed by atoms with van der Waals surface area (Å²) >= 11 is 0. The molecule has 1 aliphatic heterocycles. The van der Waals surface area contributed by atoms with Gasteiger partial charge in [-0.3, -0.25) is 4.98 Å². The van der Waals surface area contributed by atoms with Gasteiger partial charge in [0.25, 0.3) is 0 Å². The third-order valence-corrected chi connectivity index (χ3v) is 5.64. The summed E-state index contributed by atoms with van der Waals surface area (Å²) in [6.45, 7) is 1.59. The van der Waals surface area contributed by atoms with Crippen molar-refractivity contribution in [3.63, 3.8) is 0 Å². The maximum atomic E-state index is 12.3. The third-order valence-electron chi connectivity index (χ3n) is 5.64. The minimum Gasteiger partial charge on any atom is -0.465 e. The molecule has 3 aromatic rings. The van der Waals surface area contributed by atoms with Crippen LogP contribution in [-0.2, 0) is 22.4 Å². The molecule has 6 nitrogen and oxygen atoms in total. The highest BCUT2D eigenvalue weighted by Gasteiger charge is 2.28. The first-order valence-electron chi connectivity index (χ1n) is 9.87. The average Bonchev–Trinajstić information content (AvgIpc) is 3.44. The Bertz CT molecular complexity index is 1020. The number of benzene rings is 1. The first-order chi connectivity index (χ1) is 13.7. The van der Waals surface area contributed by atoms with Crippen molar-refractivity contribution in [2.24, 2.45) is 5.92 Å². The lowest BCUT2D eigenvalue weighted by atomic mass is 10.0. The molecule has 0 amide bonds. The number of esters is 1. The molecule has 1 aliphatic carbocycles. The van der Waals surface area contributed by atoms with Gasteiger partial charge in [0.15, 0.2) is 0 Å². The van der Waals surface area contributed by atoms with E-state index in [9.17, 15) is 4.79 Å². The van der Waals surface area contributed by atoms with Crippen LogP contribution in [0.3, 0.4) is 0 Å². The van der Waals surface area contributed by atoms with Crippen LogP contribution < -0.4 is 0 Å². The van der Waals surface area contributed by atoms with E-state index in [1.165, 1.54) is 20.0 Å². The number of aromatic nitrogens is 3. The standard InChI is InChI=1S/C22H23N3O3/c1-27-22(26)15-11-17(18-4-2-3-8-23-18)21-19(12-15)25(13-16-7-9-28-16)20(24-21)10-14-5-6-14/h2-4,8,11-12,14,16H,5-7,9-10,13H2,1H3. The van der Waals surface area contributed by atoms with Crippen molar-refractivity contribution in [3.05, 3.63) is 47.9 Å². The second-order valence-corrected chi connectivity index (χ2v) is 7.67. The second kappa shape index (κ2) is 7.02. The van der Waals surface area contributed by atoms with E-state index in [1.54, 1.807) is 6.20 Å². The van der Waals surface area contributed by atoms with Crippen LogP contribution in [-0.4, -0.2) is 40.3 Å². The molecule has 2 aliphatic rings. The molecule has 0 N–H and O–H groups in total. The zero-order chi connectivity index (χ0) is 19.1. The molecule has 1 unspecified atom stereocenters. The van der Waals surface area contributed by atoms with Crippen LogP contribution in [0.15, 0.2) is 36.5 Å². The highest BCUT2D eigenvalue weighted by Crippen LogP contribution is 2.36. The molecule has 1 saturated carbocycles. The molecular weight excluding hydrogens is 354 g/mol. The third kappa shape index (κ3) is 3.18. The number of hydrogen-bond donors (Lipinski definition) is 0. The number of pyridine rings is 1. The van der Waals surface area contributed by atoms with E-state index in [0.717, 1.165) is 60.0 Å². The summed E-state index contributed by atoms with van der Waals surface area (Å²) < 4.78 is 12.9. The SMILES string of the molecule is COC(=O)c1cc(-c2ccccn2)c2nc(CC3CC3)n(CC3CCO3)c2c1. The van der Waals surface area contributed by atoms with Crippen LogP contribution in [0.1, 0.15) is 35.4 Å². The molecule has 0 radical (unpaired) electrons. The minimum absolute atomic E-state index is 0.218. The van der Waals surface area contributed by atoms with E-state index in [0.29, 0.717) is 5.56 Å². The van der Waals surface area contributed by atoms with Gasteiger partial charge in [0.05, 0.1) is 42.0 Å². The van der Waals surface area contributed by atoms with Crippen molar-refractivity contribution in [2.75, 3.05) is 13.7 Å². The quantitative estimate of drug-likeness (QED) is 0.614. The highest BCUT2D eigenvalue weighted by molar-refractivity contribution is 6.00. The van der Waals surface area contributed by atoms with Crippen LogP contribution >= 0.6 is 0 Å². The van der Waals surface area contributed by atoms with Gasteiger partial charge >= 0.3 is 5.97 Å². The van der Waals surface area contributed by atoms with Gasteiger partial charge < -0.3 is 14.0 Å². The van der Waals surface area contributed by atoms with E-state index in [-0.39, 0.29) is 12.1 Å². The Morgan fingerprint density at radius 3 is 2.79 bits per heavy atom. The molecule has 2 fully saturated rings. The maximum Gasteiger partial charge on any atom is 0.337 e. The topological polar surface area (TPSA) is 66.2 Å². The van der Waals surface area contributed by atoms with Crippen LogP contribution in [0, 0.1) is 5.92 Å². The predicted octanol–water partition coefficient (Wildman–Crippen LogP) is 3.63. The van der Waals surface area contributed by atoms with Crippen LogP contribution in [0.2, 0.25) is 0 Å². The number of nitrogens with zero attached hydrogens (tertiary/aromatic N) is 3. The molecule has 0 bridgehead atoms. The van der Waals surface area contributed by atoms with Gasteiger partial charge in [0, 0.05) is 24.8 Å². The lowest BCUT2D eigenvalue weighted by Gasteiger charge is -2.27. The lowest BCUT2D eigenvalue weighted by molar-refractivity contribution is -0.0590. The number of hydrogen-bond acceptors (Lipinski definition) is 5. The Morgan fingerprint density at radius 2 is 2.14 bits per heavy atom. The number of imidazole rings is 1. The van der Waals surface area contributed by atoms with Crippen molar-refractivity contribution < 1.29 is 14.3 Å². The number of methoxy groups -OCH3 is 1. The number of rotatable bonds is 6. The average molecular weight is 377 g/mol. The zero-order valence-electron chi connectivity index (χ0n) is 15.9. The fourth-order valence-electron chi connectivity index (χ4n) is 3.80. The second-order valence-electron chi connectivity index (χ2n) is 7.67. The van der Waals surface area contributed by atoms with Crippen LogP contribution in [0.25, 0.3) is 22.3 Å². The Kier molecular flexibility index (Phi) is 4.36. The van der Waals surface area contributed by atoms with Crippen molar-refractivity contribution >= 4 is 17.0 Å². The monoisotopic (exact) mass is 377 g/mol. The van der Waals surface area contributed by atoms with Crippen molar-refractivity contribution in [1.82, 2.24) is 14.5 Å². The molecule has 0 spiro atoms. The molecule has 144 valence electrons. The van der Waals surface area contributed by atoms with Gasteiger partial charge in [-0.1, -0.05) is 6.07 Å². The summed E-state index contributed by atoms with van der Waals surface area (Å²) in [7, 11) is 1.41. The summed E-state index contributed by atoms with van der Waals surface area (Å²) in [5.41, 5.74) is 4.03. The zero-order valence-corrected chi connectivity index (χ0v) is 15.9. The van der Waals surface area contributed by atoms with Gasteiger partial charge in [0.1, 0.15) is 5.82 Å². The molecule has 28 heavy (non-hydrogen) atoms. The van der Waals surface area contributed by atoms with E-state index in [2.05, 4.69) is 9.55 Å². The van der Waals surface area contributed by atoms with Crippen LogP contribution in [0.4, 0.5) is 0 Å². The number of ether oxygens (including phenoxy) is 2. The number of fused-ring (bicyclic) bond motifs is 1. The highest BCUT2D eigenvalue weighted by atomic mass is 16.5. The van der Waals surface area contributed by atoms with E-state index in [1.807, 2.05) is 30.3 Å². The normalized spacial score (nSPS) is 18.8. The first-order valence-corrected chi connectivity index (χ1v) is 9.87. The molecule has 3 heterocycles. The molecule has 6 heteroatoms. The fourth-order valence-corrected chi connectivity index (χ4v) is 3.80. The number of carbonyl (C=O) groups is 1. The lowest BCUT2D eigenvalue weighted by Crippen LogP contribution is -2.31. The Labute approximate surface area is 163 Å². The van der Waals surface area contributed by atoms with Crippen molar-refractivity contribution in [1.29, 1.82) is 0 Å². The molecule has 5 rings (SSSR count). The van der Waals surface area contributed by atoms with Gasteiger partial charge in [0.2, 0.25) is 0 Å². The van der Waals surface area contributed by atoms with Crippen molar-refractivity contribution in [2.45, 2.75) is 38.3 Å². The summed E-state index contributed by atoms with van der Waals surface area (Å²) in [5.74, 6) is 1.44. The van der Waals surface area contributed by atoms with Gasteiger partial charge in [-0.15, -0.1) is 0 Å². The van der Waals surface area contributed by atoms with Crippen molar-refractivity contribution in [3.8, 4) is 11.3 Å². The smallest absolute Gasteiger partial charge is 0.337 e. The Balaban J connectivity index is 1.71. The van der Waals surface area contributed by atoms with Gasteiger partial charge in [-0.25, -0.2) is 9.78 Å². The molecule has 1 atom stereocenters. The molecule has 1 saturated heterocycles. The van der Waals surface area contributed by atoms with Gasteiger partial charge in [-0.2, -0.15) is 0 Å². The fraction of sp³-hybridized carbons (Fsp3) is 0.409. The van der Waals surface area contributed by atoms with E-state index < -0.39 is 0 Å². The summed E-state index contributed by atoms with van der Waals surface area (Å²) in [5, 5.41) is 0. The van der Waals surface area contributed by atoms with E-state index >= 15 is 0 Å². The Morgan fingerprint density at radius 1 is 1.29 bits per heavy atom. The van der Waals surface area contributed by atoms with E-state index in [4.69, 9.17) is 14.5 Å².